The number of ether oxygens (including phenoxy) is 1. The van der Waals surface area contributed by atoms with Gasteiger partial charge in [0, 0.05) is 0 Å². The fourth-order valence-electron chi connectivity index (χ4n) is 2.62. The fraction of sp³-hybridized carbons (Fsp3) is 0.333. The molecule has 1 aliphatic heterocycles. The monoisotopic (exact) mass is 328 g/mol. The van der Waals surface area contributed by atoms with Gasteiger partial charge in [0.15, 0.2) is 6.10 Å². The molecule has 2 aromatic rings. The van der Waals surface area contributed by atoms with E-state index in [1.165, 1.54) is 4.90 Å². The Morgan fingerprint density at radius 3 is 2.75 bits per heavy atom. The summed E-state index contributed by atoms with van der Waals surface area (Å²) in [5.41, 5.74) is 0.618. The van der Waals surface area contributed by atoms with Crippen LogP contribution in [0, 0.1) is 5.92 Å². The number of fused-ring (bicyclic) bond motifs is 1. The molecule has 1 unspecified atom stereocenters. The predicted octanol–water partition coefficient (Wildman–Crippen LogP) is 2.35. The highest BCUT2D eigenvalue weighted by Gasteiger charge is 2.36. The van der Waals surface area contributed by atoms with Gasteiger partial charge in [0.25, 0.3) is 5.91 Å². The summed E-state index contributed by atoms with van der Waals surface area (Å²) in [6.07, 6.45) is 0.967. The summed E-state index contributed by atoms with van der Waals surface area (Å²) in [5.74, 6) is 0.849. The van der Waals surface area contributed by atoms with Gasteiger partial charge in [0.1, 0.15) is 18.1 Å². The molecule has 24 heavy (non-hydrogen) atoms. The van der Waals surface area contributed by atoms with E-state index < -0.39 is 6.10 Å². The summed E-state index contributed by atoms with van der Waals surface area (Å²) in [6.45, 7) is 4.08. The lowest BCUT2D eigenvalue weighted by atomic mass is 10.0. The number of carbonyl (C=O) groups excluding carboxylic acids is 2. The standard InChI is InChI=1S/C18H20N2O4/c1-12(2)17-18(22)20(14-7-3-4-8-15(14)24-17)11-16(21)19-10-13-6-5-9-23-13/h3-9,12,17H,10-11H2,1-2H3,(H,19,21). The average Bonchev–Trinajstić information content (AvgIpc) is 3.08. The van der Waals surface area contributed by atoms with Crippen molar-refractivity contribution in [2.24, 2.45) is 5.92 Å². The fourth-order valence-corrected chi connectivity index (χ4v) is 2.62. The van der Waals surface area contributed by atoms with E-state index in [1.807, 2.05) is 32.0 Å². The molecule has 1 aliphatic rings. The van der Waals surface area contributed by atoms with Crippen LogP contribution in [0.5, 0.6) is 5.75 Å². The van der Waals surface area contributed by atoms with Crippen LogP contribution in [0.25, 0.3) is 0 Å². The van der Waals surface area contributed by atoms with E-state index >= 15 is 0 Å². The molecule has 3 rings (SSSR count). The number of nitrogens with zero attached hydrogens (tertiary/aromatic N) is 1. The lowest BCUT2D eigenvalue weighted by molar-refractivity contribution is -0.130. The molecule has 6 heteroatoms. The first-order valence-corrected chi connectivity index (χ1v) is 7.92. The van der Waals surface area contributed by atoms with Crippen molar-refractivity contribution in [1.82, 2.24) is 5.32 Å². The van der Waals surface area contributed by atoms with Crippen LogP contribution >= 0.6 is 0 Å². The Bertz CT molecular complexity index is 724. The number of carbonyl (C=O) groups is 2. The minimum atomic E-state index is -0.585. The van der Waals surface area contributed by atoms with Crippen molar-refractivity contribution in [1.29, 1.82) is 0 Å². The second-order valence-electron chi connectivity index (χ2n) is 6.03. The first kappa shape index (κ1) is 16.1. The largest absolute Gasteiger partial charge is 0.478 e. The van der Waals surface area contributed by atoms with Gasteiger partial charge < -0.3 is 14.5 Å². The van der Waals surface area contributed by atoms with Gasteiger partial charge in [-0.15, -0.1) is 0 Å². The maximum Gasteiger partial charge on any atom is 0.268 e. The van der Waals surface area contributed by atoms with Crippen LogP contribution < -0.4 is 15.0 Å². The quantitative estimate of drug-likeness (QED) is 0.914. The third-order valence-electron chi connectivity index (χ3n) is 3.87. The van der Waals surface area contributed by atoms with Crippen LogP contribution in [-0.2, 0) is 16.1 Å². The van der Waals surface area contributed by atoms with E-state index in [-0.39, 0.29) is 24.3 Å². The molecule has 0 spiro atoms. The molecule has 0 saturated heterocycles. The van der Waals surface area contributed by atoms with E-state index in [0.29, 0.717) is 23.7 Å². The topological polar surface area (TPSA) is 71.8 Å². The molecular formula is C18H20N2O4. The van der Waals surface area contributed by atoms with Crippen LogP contribution in [0.4, 0.5) is 5.69 Å². The van der Waals surface area contributed by atoms with Crippen molar-refractivity contribution < 1.29 is 18.7 Å². The smallest absolute Gasteiger partial charge is 0.268 e. The van der Waals surface area contributed by atoms with Crippen molar-refractivity contribution in [2.45, 2.75) is 26.5 Å². The SMILES string of the molecule is CC(C)C1Oc2ccccc2N(CC(=O)NCc2ccco2)C1=O. The normalized spacial score (nSPS) is 16.7. The van der Waals surface area contributed by atoms with Gasteiger partial charge in [-0.3, -0.25) is 14.5 Å². The first-order chi connectivity index (χ1) is 11.6. The summed E-state index contributed by atoms with van der Waals surface area (Å²) in [5, 5.41) is 2.76. The first-order valence-electron chi connectivity index (χ1n) is 7.92. The second kappa shape index (κ2) is 6.78. The zero-order chi connectivity index (χ0) is 17.1. The minimum Gasteiger partial charge on any atom is -0.478 e. The molecule has 0 bridgehead atoms. The summed E-state index contributed by atoms with van der Waals surface area (Å²) < 4.78 is 11.0. The number of rotatable bonds is 5. The Balaban J connectivity index is 1.74. The number of hydrogen-bond donors (Lipinski definition) is 1. The van der Waals surface area contributed by atoms with E-state index in [4.69, 9.17) is 9.15 Å². The predicted molar refractivity (Wildman–Crippen MR) is 88.6 cm³/mol. The molecule has 0 radical (unpaired) electrons. The Hall–Kier alpha value is -2.76. The number of benzene rings is 1. The molecular weight excluding hydrogens is 308 g/mol. The van der Waals surface area contributed by atoms with Gasteiger partial charge >= 0.3 is 0 Å². The van der Waals surface area contributed by atoms with E-state index in [2.05, 4.69) is 5.32 Å². The molecule has 126 valence electrons. The number of para-hydroxylation sites is 2. The Morgan fingerprint density at radius 1 is 1.25 bits per heavy atom. The summed E-state index contributed by atoms with van der Waals surface area (Å²) in [4.78, 5) is 26.4. The number of furan rings is 1. The van der Waals surface area contributed by atoms with Crippen molar-refractivity contribution in [3.8, 4) is 5.75 Å². The molecule has 2 heterocycles. The number of amides is 2. The van der Waals surface area contributed by atoms with Gasteiger partial charge in [-0.25, -0.2) is 0 Å². The zero-order valence-corrected chi connectivity index (χ0v) is 13.7. The van der Waals surface area contributed by atoms with Gasteiger partial charge in [0.05, 0.1) is 18.5 Å². The van der Waals surface area contributed by atoms with Crippen molar-refractivity contribution >= 4 is 17.5 Å². The number of nitrogens with one attached hydrogen (secondary N) is 1. The summed E-state index contributed by atoms with van der Waals surface area (Å²) in [6, 6.07) is 10.8. The Labute approximate surface area is 140 Å². The van der Waals surface area contributed by atoms with Crippen molar-refractivity contribution in [3.63, 3.8) is 0 Å². The summed E-state index contributed by atoms with van der Waals surface area (Å²) in [7, 11) is 0. The lowest BCUT2D eigenvalue weighted by Gasteiger charge is -2.35. The van der Waals surface area contributed by atoms with E-state index in [9.17, 15) is 9.59 Å². The summed E-state index contributed by atoms with van der Waals surface area (Å²) >= 11 is 0. The molecule has 1 aromatic heterocycles. The van der Waals surface area contributed by atoms with Gasteiger partial charge in [-0.2, -0.15) is 0 Å². The third-order valence-corrected chi connectivity index (χ3v) is 3.87. The van der Waals surface area contributed by atoms with Crippen LogP contribution in [-0.4, -0.2) is 24.5 Å². The number of hydrogen-bond acceptors (Lipinski definition) is 4. The lowest BCUT2D eigenvalue weighted by Crippen LogP contribution is -2.51. The molecule has 1 aromatic carbocycles. The molecule has 0 saturated carbocycles. The van der Waals surface area contributed by atoms with Crippen molar-refractivity contribution in [3.05, 3.63) is 48.4 Å². The highest BCUT2D eigenvalue weighted by Crippen LogP contribution is 2.35. The highest BCUT2D eigenvalue weighted by molar-refractivity contribution is 6.03. The minimum absolute atomic E-state index is 0.0135. The van der Waals surface area contributed by atoms with Gasteiger partial charge in [0.2, 0.25) is 5.91 Å². The molecule has 1 atom stereocenters. The molecule has 0 fully saturated rings. The zero-order valence-electron chi connectivity index (χ0n) is 13.7. The molecule has 6 nitrogen and oxygen atoms in total. The van der Waals surface area contributed by atoms with Crippen LogP contribution in [0.2, 0.25) is 0 Å². The third kappa shape index (κ3) is 3.27. The highest BCUT2D eigenvalue weighted by atomic mass is 16.5. The van der Waals surface area contributed by atoms with Crippen molar-refractivity contribution in [2.75, 3.05) is 11.4 Å². The van der Waals surface area contributed by atoms with Crippen LogP contribution in [0.1, 0.15) is 19.6 Å². The number of anilines is 1. The molecule has 0 aliphatic carbocycles. The Kier molecular flexibility index (Phi) is 4.55. The molecule has 1 N–H and O–H groups in total. The maximum absolute atomic E-state index is 12.7. The second-order valence-corrected chi connectivity index (χ2v) is 6.03. The Morgan fingerprint density at radius 2 is 2.04 bits per heavy atom. The van der Waals surface area contributed by atoms with Crippen LogP contribution in [0.3, 0.4) is 0 Å². The van der Waals surface area contributed by atoms with E-state index in [0.717, 1.165) is 0 Å². The van der Waals surface area contributed by atoms with Gasteiger partial charge in [-0.1, -0.05) is 26.0 Å². The molecule has 2 amide bonds. The maximum atomic E-state index is 12.7. The van der Waals surface area contributed by atoms with Crippen LogP contribution in [0.15, 0.2) is 47.1 Å². The average molecular weight is 328 g/mol. The van der Waals surface area contributed by atoms with Gasteiger partial charge in [-0.05, 0) is 30.2 Å². The van der Waals surface area contributed by atoms with E-state index in [1.54, 1.807) is 24.5 Å².